The molecule has 0 spiro atoms. The highest BCUT2D eigenvalue weighted by Crippen LogP contribution is 2.51. The van der Waals surface area contributed by atoms with E-state index in [0.717, 1.165) is 31.2 Å². The zero-order valence-electron chi connectivity index (χ0n) is 23.9. The third-order valence-corrected chi connectivity index (χ3v) is 6.84. The molecule has 0 unspecified atom stereocenters. The van der Waals surface area contributed by atoms with Crippen LogP contribution in [0, 0.1) is 0 Å². The second kappa shape index (κ2) is 12.8. The Morgan fingerprint density at radius 3 is 1.82 bits per heavy atom. The molecule has 0 aliphatic carbocycles. The van der Waals surface area contributed by atoms with E-state index in [9.17, 15) is 9.59 Å². The van der Waals surface area contributed by atoms with Gasteiger partial charge in [0.25, 0.3) is 0 Å². The lowest BCUT2D eigenvalue weighted by Gasteiger charge is -2.20. The second-order valence-electron chi connectivity index (χ2n) is 9.33. The van der Waals surface area contributed by atoms with Gasteiger partial charge in [0.05, 0.1) is 59.9 Å². The fourth-order valence-corrected chi connectivity index (χ4v) is 5.09. The fraction of sp³-hybridized carbons (Fsp3) is 0.467. The molecule has 1 aliphatic rings. The largest absolute Gasteiger partial charge is 0.495 e. The maximum atomic E-state index is 12.5. The van der Waals surface area contributed by atoms with Crippen LogP contribution in [0.5, 0.6) is 40.2 Å². The summed E-state index contributed by atoms with van der Waals surface area (Å²) in [5.41, 5.74) is 1.98. The zero-order valence-corrected chi connectivity index (χ0v) is 23.9. The maximum Gasteiger partial charge on any atom is 0.205 e. The molecule has 216 valence electrons. The number of methoxy groups -OCH3 is 4. The Morgan fingerprint density at radius 2 is 1.27 bits per heavy atom. The van der Waals surface area contributed by atoms with Crippen LogP contribution in [-0.2, 0) is 6.42 Å². The van der Waals surface area contributed by atoms with Gasteiger partial charge < -0.3 is 37.6 Å². The van der Waals surface area contributed by atoms with Gasteiger partial charge in [-0.25, -0.2) is 0 Å². The van der Waals surface area contributed by atoms with Crippen LogP contribution < -0.4 is 33.2 Å². The number of hydrogen-bond acceptors (Lipinski definition) is 10. The van der Waals surface area contributed by atoms with Crippen molar-refractivity contribution in [2.45, 2.75) is 46.0 Å². The van der Waals surface area contributed by atoms with Crippen LogP contribution in [-0.4, -0.2) is 59.8 Å². The van der Waals surface area contributed by atoms with Crippen LogP contribution in [0.4, 0.5) is 0 Å². The minimum absolute atomic E-state index is 0.165. The Bertz CT molecular complexity index is 1390. The van der Waals surface area contributed by atoms with Crippen molar-refractivity contribution in [3.05, 3.63) is 29.0 Å². The molecular weight excluding hydrogens is 520 g/mol. The molecule has 0 amide bonds. The Morgan fingerprint density at radius 1 is 0.725 bits per heavy atom. The lowest BCUT2D eigenvalue weighted by Crippen LogP contribution is -2.09. The molecule has 0 atom stereocenters. The van der Waals surface area contributed by atoms with E-state index in [2.05, 4.69) is 0 Å². The Kier molecular flexibility index (Phi) is 9.29. The average Bonchev–Trinajstić information content (AvgIpc) is 3.62. The van der Waals surface area contributed by atoms with Gasteiger partial charge in [0, 0.05) is 12.0 Å². The number of benzene rings is 2. The molecule has 4 rings (SSSR count). The van der Waals surface area contributed by atoms with Crippen LogP contribution in [0.25, 0.3) is 11.0 Å². The molecule has 2 aromatic carbocycles. The van der Waals surface area contributed by atoms with Gasteiger partial charge in [-0.3, -0.25) is 9.59 Å². The summed E-state index contributed by atoms with van der Waals surface area (Å²) in [4.78, 5) is 25.0. The lowest BCUT2D eigenvalue weighted by molar-refractivity contribution is 0.0996. The number of hydrogen-bond donors (Lipinski definition) is 0. The third kappa shape index (κ3) is 5.35. The predicted octanol–water partition coefficient (Wildman–Crippen LogP) is 5.83. The Hall–Kier alpha value is -4.08. The van der Waals surface area contributed by atoms with Gasteiger partial charge in [-0.1, -0.05) is 0 Å². The number of ether oxygens (including phenoxy) is 7. The van der Waals surface area contributed by atoms with E-state index >= 15 is 0 Å². The number of ketones is 2. The molecule has 40 heavy (non-hydrogen) atoms. The summed E-state index contributed by atoms with van der Waals surface area (Å²) in [6, 6.07) is 1.73. The molecule has 0 N–H and O–H groups in total. The summed E-state index contributed by atoms with van der Waals surface area (Å²) in [5.74, 6) is 2.55. The summed E-state index contributed by atoms with van der Waals surface area (Å²) in [7, 11) is 6.09. The van der Waals surface area contributed by atoms with Gasteiger partial charge in [-0.2, -0.15) is 0 Å². The summed E-state index contributed by atoms with van der Waals surface area (Å²) in [5, 5.41) is 0.647. The van der Waals surface area contributed by atoms with Crippen molar-refractivity contribution in [1.82, 2.24) is 0 Å². The van der Waals surface area contributed by atoms with Crippen LogP contribution in [0.1, 0.15) is 65.8 Å². The first-order valence-corrected chi connectivity index (χ1v) is 13.3. The first-order chi connectivity index (χ1) is 19.4. The van der Waals surface area contributed by atoms with Crippen molar-refractivity contribution in [3.63, 3.8) is 0 Å². The van der Waals surface area contributed by atoms with E-state index in [1.54, 1.807) is 6.07 Å². The minimum atomic E-state index is -0.195. The third-order valence-electron chi connectivity index (χ3n) is 6.84. The zero-order chi connectivity index (χ0) is 28.8. The minimum Gasteiger partial charge on any atom is -0.495 e. The summed E-state index contributed by atoms with van der Waals surface area (Å²) in [6.07, 6.45) is 5.35. The van der Waals surface area contributed by atoms with Gasteiger partial charge in [0.1, 0.15) is 22.6 Å². The highest BCUT2D eigenvalue weighted by atomic mass is 16.5. The molecule has 3 aromatic rings. The van der Waals surface area contributed by atoms with Gasteiger partial charge in [-0.15, -0.1) is 0 Å². The van der Waals surface area contributed by atoms with Gasteiger partial charge in [0.2, 0.25) is 11.5 Å². The first kappa shape index (κ1) is 28.9. The molecular formula is C30H36O10. The van der Waals surface area contributed by atoms with Crippen LogP contribution in [0.2, 0.25) is 0 Å². The number of rotatable bonds is 15. The molecule has 2 heterocycles. The molecule has 10 heteroatoms. The van der Waals surface area contributed by atoms with Crippen LogP contribution in [0.3, 0.4) is 0 Å². The highest BCUT2D eigenvalue weighted by Gasteiger charge is 2.32. The molecule has 0 bridgehead atoms. The monoisotopic (exact) mass is 556 g/mol. The Balaban J connectivity index is 1.36. The van der Waals surface area contributed by atoms with Crippen molar-refractivity contribution in [2.24, 2.45) is 0 Å². The van der Waals surface area contributed by atoms with Gasteiger partial charge in [-0.05, 0) is 45.6 Å². The van der Waals surface area contributed by atoms with Gasteiger partial charge in [0.15, 0.2) is 34.4 Å². The second-order valence-corrected chi connectivity index (χ2v) is 9.33. The van der Waals surface area contributed by atoms with E-state index in [4.69, 9.17) is 37.6 Å². The average molecular weight is 557 g/mol. The molecule has 1 aromatic heterocycles. The van der Waals surface area contributed by atoms with E-state index in [1.165, 1.54) is 48.5 Å². The number of carbonyl (C=O) groups is 2. The molecule has 0 fully saturated rings. The summed E-state index contributed by atoms with van der Waals surface area (Å²) < 4.78 is 45.7. The molecule has 10 nitrogen and oxygen atoms in total. The lowest BCUT2D eigenvalue weighted by atomic mass is 10.0. The van der Waals surface area contributed by atoms with E-state index in [0.29, 0.717) is 88.6 Å². The van der Waals surface area contributed by atoms with Gasteiger partial charge >= 0.3 is 0 Å². The quantitative estimate of drug-likeness (QED) is 0.167. The van der Waals surface area contributed by atoms with E-state index in [-0.39, 0.29) is 11.6 Å². The van der Waals surface area contributed by atoms with E-state index < -0.39 is 0 Å². The smallest absolute Gasteiger partial charge is 0.205 e. The molecule has 0 saturated heterocycles. The van der Waals surface area contributed by atoms with Crippen molar-refractivity contribution >= 4 is 22.5 Å². The fourth-order valence-electron chi connectivity index (χ4n) is 5.09. The topological polar surface area (TPSA) is 112 Å². The maximum absolute atomic E-state index is 12.5. The number of unbranched alkanes of at least 4 members (excludes halogenated alkanes) is 3. The van der Waals surface area contributed by atoms with Crippen LogP contribution in [0.15, 0.2) is 16.7 Å². The number of fused-ring (bicyclic) bond motifs is 2. The molecule has 1 aliphatic heterocycles. The standard InChI is InChI=1S/C30H36O10/c1-17(31)21-23(33-3)19-11-15-39-25(19)29(35-5)27(21)37-13-9-7-8-10-14-38-28-22(18(2)32)24(34-4)20-12-16-40-26(20)30(28)36-6/h11,15H,7-10,12-14,16H2,1-6H3. The normalized spacial score (nSPS) is 12.1. The highest BCUT2D eigenvalue weighted by molar-refractivity contribution is 6.08. The SMILES string of the molecule is COc1c2c(c(OC)c(C(C)=O)c1OCCCCCCOc1c(C(C)=O)c(OC)c3ccoc3c1OC)CCO2. The molecule has 0 saturated carbocycles. The number of Topliss-reactive ketones (excluding diaryl/α,β-unsaturated/α-hetero) is 2. The number of furan rings is 1. The van der Waals surface area contributed by atoms with Crippen LogP contribution >= 0.6 is 0 Å². The summed E-state index contributed by atoms with van der Waals surface area (Å²) >= 11 is 0. The van der Waals surface area contributed by atoms with Crippen molar-refractivity contribution < 1.29 is 47.2 Å². The van der Waals surface area contributed by atoms with Crippen molar-refractivity contribution in [2.75, 3.05) is 48.3 Å². The first-order valence-electron chi connectivity index (χ1n) is 13.3. The Labute approximate surface area is 233 Å². The number of carbonyl (C=O) groups excluding carboxylic acids is 2. The summed E-state index contributed by atoms with van der Waals surface area (Å²) in [6.45, 7) is 4.19. The van der Waals surface area contributed by atoms with Crippen molar-refractivity contribution in [3.8, 4) is 40.2 Å². The van der Waals surface area contributed by atoms with E-state index in [1.807, 2.05) is 0 Å². The van der Waals surface area contributed by atoms with Crippen molar-refractivity contribution in [1.29, 1.82) is 0 Å². The predicted molar refractivity (Wildman–Crippen MR) is 148 cm³/mol. The molecule has 0 radical (unpaired) electrons.